The molecule has 0 aliphatic heterocycles. The first-order valence-electron chi connectivity index (χ1n) is 5.60. The van der Waals surface area contributed by atoms with E-state index < -0.39 is 0 Å². The lowest BCUT2D eigenvalue weighted by atomic mass is 10.1. The van der Waals surface area contributed by atoms with Crippen molar-refractivity contribution in [3.8, 4) is 0 Å². The zero-order chi connectivity index (χ0) is 10.8. The summed E-state index contributed by atoms with van der Waals surface area (Å²) in [7, 11) is 0. The Kier molecular flexibility index (Phi) is 2.72. The molecule has 0 radical (unpaired) electrons. The third-order valence-electron chi connectivity index (χ3n) is 3.02. The minimum atomic E-state index is 0.645. The number of hydrogen-bond acceptors (Lipinski definition) is 3. The van der Waals surface area contributed by atoms with Crippen LogP contribution >= 0.6 is 11.3 Å². The number of aromatic nitrogens is 1. The molecule has 1 aromatic carbocycles. The van der Waals surface area contributed by atoms with Crippen LogP contribution in [-0.2, 0) is 6.54 Å². The second kappa shape index (κ2) is 4.36. The first-order chi connectivity index (χ1) is 7.93. The Balaban J connectivity index is 1.53. The highest BCUT2D eigenvalue weighted by molar-refractivity contribution is 7.09. The highest BCUT2D eigenvalue weighted by Gasteiger charge is 2.37. The van der Waals surface area contributed by atoms with E-state index in [1.807, 2.05) is 11.6 Å². The van der Waals surface area contributed by atoms with Crippen LogP contribution in [0.15, 0.2) is 41.9 Å². The Hall–Kier alpha value is -1.19. The van der Waals surface area contributed by atoms with Gasteiger partial charge in [-0.05, 0) is 12.0 Å². The lowest BCUT2D eigenvalue weighted by molar-refractivity contribution is 0.670. The van der Waals surface area contributed by atoms with Crippen LogP contribution in [0, 0.1) is 0 Å². The third kappa shape index (κ3) is 2.15. The Morgan fingerprint density at radius 3 is 2.94 bits per heavy atom. The van der Waals surface area contributed by atoms with Gasteiger partial charge in [0.25, 0.3) is 0 Å². The molecule has 1 aromatic heterocycles. The van der Waals surface area contributed by atoms with Crippen molar-refractivity contribution in [2.45, 2.75) is 24.9 Å². The molecule has 82 valence electrons. The van der Waals surface area contributed by atoms with Gasteiger partial charge in [-0.1, -0.05) is 30.3 Å². The van der Waals surface area contributed by atoms with Gasteiger partial charge < -0.3 is 5.32 Å². The van der Waals surface area contributed by atoms with Crippen LogP contribution in [-0.4, -0.2) is 11.0 Å². The average Bonchev–Trinajstić information content (AvgIpc) is 2.93. The molecule has 3 rings (SSSR count). The molecule has 0 amide bonds. The molecular formula is C13H14N2S. The van der Waals surface area contributed by atoms with Gasteiger partial charge in [0.15, 0.2) is 0 Å². The third-order valence-corrected chi connectivity index (χ3v) is 3.80. The Morgan fingerprint density at radius 2 is 2.19 bits per heavy atom. The first kappa shape index (κ1) is 10.00. The molecule has 1 aliphatic carbocycles. The van der Waals surface area contributed by atoms with Crippen molar-refractivity contribution in [1.82, 2.24) is 10.3 Å². The molecule has 2 unspecified atom stereocenters. The minimum absolute atomic E-state index is 0.645. The summed E-state index contributed by atoms with van der Waals surface area (Å²) in [5.41, 5.74) is 1.46. The van der Waals surface area contributed by atoms with Gasteiger partial charge >= 0.3 is 0 Å². The summed E-state index contributed by atoms with van der Waals surface area (Å²) in [5, 5.41) is 6.76. The van der Waals surface area contributed by atoms with E-state index >= 15 is 0 Å². The van der Waals surface area contributed by atoms with Crippen LogP contribution in [0.1, 0.15) is 22.9 Å². The molecule has 1 aliphatic rings. The smallest absolute Gasteiger partial charge is 0.106 e. The second-order valence-corrected chi connectivity index (χ2v) is 5.15. The largest absolute Gasteiger partial charge is 0.307 e. The Bertz CT molecular complexity index is 438. The molecule has 1 saturated carbocycles. The molecule has 2 atom stereocenters. The quantitative estimate of drug-likeness (QED) is 0.873. The standard InChI is InChI=1S/C13H14N2S/c1-2-4-10(5-3-1)11-8-12(11)15-9-13-14-6-7-16-13/h1-7,11-12,15H,8-9H2. The maximum Gasteiger partial charge on any atom is 0.106 e. The summed E-state index contributed by atoms with van der Waals surface area (Å²) < 4.78 is 0. The van der Waals surface area contributed by atoms with Gasteiger partial charge in [0.2, 0.25) is 0 Å². The highest BCUT2D eigenvalue weighted by Crippen LogP contribution is 2.40. The van der Waals surface area contributed by atoms with Gasteiger partial charge in [-0.3, -0.25) is 0 Å². The summed E-state index contributed by atoms with van der Waals surface area (Å²) >= 11 is 1.72. The molecule has 2 aromatic rings. The molecule has 0 saturated heterocycles. The number of hydrogen-bond donors (Lipinski definition) is 1. The number of benzene rings is 1. The fraction of sp³-hybridized carbons (Fsp3) is 0.308. The average molecular weight is 230 g/mol. The van der Waals surface area contributed by atoms with E-state index in [2.05, 4.69) is 40.6 Å². The summed E-state index contributed by atoms with van der Waals surface area (Å²) in [6.07, 6.45) is 3.12. The SMILES string of the molecule is c1ccc(C2CC2NCc2nccs2)cc1. The minimum Gasteiger partial charge on any atom is -0.307 e. The molecule has 16 heavy (non-hydrogen) atoms. The molecule has 0 bridgehead atoms. The summed E-state index contributed by atoms with van der Waals surface area (Å²) in [5.74, 6) is 0.709. The topological polar surface area (TPSA) is 24.9 Å². The monoisotopic (exact) mass is 230 g/mol. The number of rotatable bonds is 4. The maximum absolute atomic E-state index is 4.27. The summed E-state index contributed by atoms with van der Waals surface area (Å²) in [6.45, 7) is 0.908. The predicted octanol–water partition coefficient (Wildman–Crippen LogP) is 2.79. The highest BCUT2D eigenvalue weighted by atomic mass is 32.1. The summed E-state index contributed by atoms with van der Waals surface area (Å²) in [6, 6.07) is 11.4. The van der Waals surface area contributed by atoms with Crippen LogP contribution in [0.5, 0.6) is 0 Å². The normalized spacial score (nSPS) is 23.2. The fourth-order valence-corrected chi connectivity index (χ4v) is 2.62. The van der Waals surface area contributed by atoms with E-state index in [0.717, 1.165) is 6.54 Å². The van der Waals surface area contributed by atoms with Crippen LogP contribution in [0.2, 0.25) is 0 Å². The zero-order valence-corrected chi connectivity index (χ0v) is 9.78. The van der Waals surface area contributed by atoms with Crippen molar-refractivity contribution >= 4 is 11.3 Å². The molecule has 1 N–H and O–H groups in total. The van der Waals surface area contributed by atoms with Crippen molar-refractivity contribution in [2.24, 2.45) is 0 Å². The van der Waals surface area contributed by atoms with Crippen molar-refractivity contribution in [3.63, 3.8) is 0 Å². The molecule has 1 heterocycles. The van der Waals surface area contributed by atoms with Gasteiger partial charge in [-0.15, -0.1) is 11.3 Å². The van der Waals surface area contributed by atoms with Crippen LogP contribution < -0.4 is 5.32 Å². The van der Waals surface area contributed by atoms with Gasteiger partial charge in [-0.25, -0.2) is 4.98 Å². The van der Waals surface area contributed by atoms with Crippen molar-refractivity contribution < 1.29 is 0 Å². The van der Waals surface area contributed by atoms with Gasteiger partial charge in [0, 0.05) is 30.1 Å². The first-order valence-corrected chi connectivity index (χ1v) is 6.48. The van der Waals surface area contributed by atoms with Gasteiger partial charge in [0.1, 0.15) is 5.01 Å². The van der Waals surface area contributed by atoms with E-state index in [1.165, 1.54) is 17.0 Å². The van der Waals surface area contributed by atoms with Gasteiger partial charge in [0.05, 0.1) is 0 Å². The molecular weight excluding hydrogens is 216 g/mol. The van der Waals surface area contributed by atoms with E-state index in [4.69, 9.17) is 0 Å². The van der Waals surface area contributed by atoms with E-state index in [9.17, 15) is 0 Å². The number of nitrogens with one attached hydrogen (secondary N) is 1. The lowest BCUT2D eigenvalue weighted by Crippen LogP contribution is -2.16. The lowest BCUT2D eigenvalue weighted by Gasteiger charge is -2.01. The van der Waals surface area contributed by atoms with Crippen LogP contribution in [0.4, 0.5) is 0 Å². The molecule has 0 spiro atoms. The zero-order valence-electron chi connectivity index (χ0n) is 8.97. The van der Waals surface area contributed by atoms with Crippen LogP contribution in [0.25, 0.3) is 0 Å². The van der Waals surface area contributed by atoms with Crippen molar-refractivity contribution in [2.75, 3.05) is 0 Å². The van der Waals surface area contributed by atoms with Crippen LogP contribution in [0.3, 0.4) is 0 Å². The number of thiazole rings is 1. The predicted molar refractivity (Wildman–Crippen MR) is 66.5 cm³/mol. The Labute approximate surface area is 99.4 Å². The van der Waals surface area contributed by atoms with E-state index in [-0.39, 0.29) is 0 Å². The van der Waals surface area contributed by atoms with Crippen molar-refractivity contribution in [1.29, 1.82) is 0 Å². The van der Waals surface area contributed by atoms with Crippen molar-refractivity contribution in [3.05, 3.63) is 52.5 Å². The fourth-order valence-electron chi connectivity index (χ4n) is 2.05. The Morgan fingerprint density at radius 1 is 1.31 bits per heavy atom. The van der Waals surface area contributed by atoms with E-state index in [1.54, 1.807) is 11.3 Å². The van der Waals surface area contributed by atoms with E-state index in [0.29, 0.717) is 12.0 Å². The summed E-state index contributed by atoms with van der Waals surface area (Å²) in [4.78, 5) is 4.27. The second-order valence-electron chi connectivity index (χ2n) is 4.17. The molecule has 3 heteroatoms. The molecule has 1 fully saturated rings. The maximum atomic E-state index is 4.27. The van der Waals surface area contributed by atoms with Gasteiger partial charge in [-0.2, -0.15) is 0 Å². The molecule has 2 nitrogen and oxygen atoms in total. The number of nitrogens with zero attached hydrogens (tertiary/aromatic N) is 1.